The molecule has 0 aliphatic rings. The third-order valence-electron chi connectivity index (χ3n) is 2.38. The standard InChI is InChI=1S/C11H21N3OS/c1-9(2)13-11-12-6-7-14(11)10(3)5-8-16(4)15/h6-7,9-10H,5,8H2,1-4H3,(H,12,13). The Labute approximate surface area is 99.9 Å². The summed E-state index contributed by atoms with van der Waals surface area (Å²) in [5, 5.41) is 3.30. The van der Waals surface area contributed by atoms with Crippen molar-refractivity contribution in [3.63, 3.8) is 0 Å². The Balaban J connectivity index is 2.63. The van der Waals surface area contributed by atoms with Crippen LogP contribution in [0.4, 0.5) is 5.95 Å². The molecule has 0 spiro atoms. The Morgan fingerprint density at radius 3 is 2.75 bits per heavy atom. The summed E-state index contributed by atoms with van der Waals surface area (Å²) in [5.41, 5.74) is 0. The number of aromatic nitrogens is 2. The van der Waals surface area contributed by atoms with Gasteiger partial charge >= 0.3 is 0 Å². The van der Waals surface area contributed by atoms with Gasteiger partial charge in [-0.15, -0.1) is 0 Å². The maximum Gasteiger partial charge on any atom is 0.203 e. The molecule has 4 nitrogen and oxygen atoms in total. The van der Waals surface area contributed by atoms with E-state index >= 15 is 0 Å². The van der Waals surface area contributed by atoms with Crippen LogP contribution in [0.5, 0.6) is 0 Å². The van der Waals surface area contributed by atoms with E-state index in [0.717, 1.165) is 18.1 Å². The third-order valence-corrected chi connectivity index (χ3v) is 3.20. The number of rotatable bonds is 6. The molecule has 2 atom stereocenters. The van der Waals surface area contributed by atoms with Crippen LogP contribution in [0.2, 0.25) is 0 Å². The molecule has 2 unspecified atom stereocenters. The summed E-state index contributed by atoms with van der Waals surface area (Å²) in [4.78, 5) is 4.28. The number of nitrogens with one attached hydrogen (secondary N) is 1. The summed E-state index contributed by atoms with van der Waals surface area (Å²) in [6.07, 6.45) is 6.41. The normalized spacial score (nSPS) is 15.1. The molecule has 1 aromatic rings. The third kappa shape index (κ3) is 3.96. The minimum Gasteiger partial charge on any atom is -0.353 e. The van der Waals surface area contributed by atoms with Gasteiger partial charge in [0.15, 0.2) is 0 Å². The summed E-state index contributed by atoms with van der Waals surface area (Å²) in [6, 6.07) is 0.696. The first-order valence-electron chi connectivity index (χ1n) is 5.60. The molecular weight excluding hydrogens is 222 g/mol. The van der Waals surface area contributed by atoms with Crippen LogP contribution < -0.4 is 5.32 Å². The number of anilines is 1. The first-order chi connectivity index (χ1) is 7.50. The van der Waals surface area contributed by atoms with E-state index < -0.39 is 10.8 Å². The van der Waals surface area contributed by atoms with Gasteiger partial charge in [-0.2, -0.15) is 0 Å². The number of nitrogens with zero attached hydrogens (tertiary/aromatic N) is 2. The van der Waals surface area contributed by atoms with E-state index in [-0.39, 0.29) is 0 Å². The molecule has 0 fully saturated rings. The molecule has 0 bridgehead atoms. The average molecular weight is 243 g/mol. The molecule has 1 N–H and O–H groups in total. The second-order valence-corrected chi connectivity index (χ2v) is 5.93. The predicted molar refractivity (Wildman–Crippen MR) is 69.2 cm³/mol. The van der Waals surface area contributed by atoms with Crippen LogP contribution in [-0.2, 0) is 10.8 Å². The van der Waals surface area contributed by atoms with Gasteiger partial charge in [-0.05, 0) is 27.2 Å². The van der Waals surface area contributed by atoms with Crippen LogP contribution in [-0.4, -0.2) is 31.8 Å². The van der Waals surface area contributed by atoms with Gasteiger partial charge < -0.3 is 9.88 Å². The van der Waals surface area contributed by atoms with E-state index in [4.69, 9.17) is 0 Å². The number of hydrogen-bond donors (Lipinski definition) is 1. The van der Waals surface area contributed by atoms with Crippen LogP contribution in [0.25, 0.3) is 0 Å². The Morgan fingerprint density at radius 1 is 1.50 bits per heavy atom. The fraction of sp³-hybridized carbons (Fsp3) is 0.727. The summed E-state index contributed by atoms with van der Waals surface area (Å²) < 4.78 is 13.2. The van der Waals surface area contributed by atoms with E-state index in [0.29, 0.717) is 12.1 Å². The van der Waals surface area contributed by atoms with Crippen molar-refractivity contribution in [2.75, 3.05) is 17.3 Å². The lowest BCUT2D eigenvalue weighted by Gasteiger charge is -2.17. The lowest BCUT2D eigenvalue weighted by molar-refractivity contribution is 0.534. The highest BCUT2D eigenvalue weighted by molar-refractivity contribution is 7.84. The van der Waals surface area contributed by atoms with Gasteiger partial charge in [-0.1, -0.05) is 0 Å². The molecule has 1 heterocycles. The summed E-state index contributed by atoms with van der Waals surface area (Å²) >= 11 is 0. The summed E-state index contributed by atoms with van der Waals surface area (Å²) in [5.74, 6) is 1.63. The zero-order valence-corrected chi connectivity index (χ0v) is 11.3. The van der Waals surface area contributed by atoms with E-state index in [1.54, 1.807) is 12.5 Å². The van der Waals surface area contributed by atoms with Gasteiger partial charge in [0, 0.05) is 47.3 Å². The van der Waals surface area contributed by atoms with Crippen molar-refractivity contribution >= 4 is 16.7 Å². The highest BCUT2D eigenvalue weighted by Gasteiger charge is 2.10. The van der Waals surface area contributed by atoms with Crippen LogP contribution in [0.15, 0.2) is 12.4 Å². The van der Waals surface area contributed by atoms with Crippen molar-refractivity contribution in [1.29, 1.82) is 0 Å². The molecule has 0 radical (unpaired) electrons. The van der Waals surface area contributed by atoms with Gasteiger partial charge in [-0.25, -0.2) is 4.98 Å². The zero-order valence-electron chi connectivity index (χ0n) is 10.4. The largest absolute Gasteiger partial charge is 0.353 e. The van der Waals surface area contributed by atoms with Crippen LogP contribution in [0.1, 0.15) is 33.2 Å². The quantitative estimate of drug-likeness (QED) is 0.831. The predicted octanol–water partition coefficient (Wildman–Crippen LogP) is 2.03. The summed E-state index contributed by atoms with van der Waals surface area (Å²) in [7, 11) is -0.719. The van der Waals surface area contributed by atoms with E-state index in [1.807, 2.05) is 6.20 Å². The average Bonchev–Trinajstić information content (AvgIpc) is 2.61. The molecular formula is C11H21N3OS. The van der Waals surface area contributed by atoms with E-state index in [1.165, 1.54) is 0 Å². The maximum absolute atomic E-state index is 11.1. The smallest absolute Gasteiger partial charge is 0.203 e. The van der Waals surface area contributed by atoms with Crippen molar-refractivity contribution in [2.45, 2.75) is 39.3 Å². The molecule has 0 saturated carbocycles. The minimum absolute atomic E-state index is 0.327. The molecule has 0 saturated heterocycles. The lowest BCUT2D eigenvalue weighted by Crippen LogP contribution is -2.17. The fourth-order valence-corrected chi connectivity index (χ4v) is 2.19. The molecule has 1 rings (SSSR count). The highest BCUT2D eigenvalue weighted by atomic mass is 32.2. The van der Waals surface area contributed by atoms with Crippen molar-refractivity contribution in [3.05, 3.63) is 12.4 Å². The molecule has 0 aromatic carbocycles. The SMILES string of the molecule is CC(C)Nc1nccn1C(C)CCS(C)=O. The monoisotopic (exact) mass is 243 g/mol. The highest BCUT2D eigenvalue weighted by Crippen LogP contribution is 2.17. The van der Waals surface area contributed by atoms with Gasteiger partial charge in [0.05, 0.1) is 0 Å². The fourth-order valence-electron chi connectivity index (χ4n) is 1.51. The van der Waals surface area contributed by atoms with Crippen LogP contribution in [0.3, 0.4) is 0 Å². The molecule has 5 heteroatoms. The Hall–Kier alpha value is -0.840. The maximum atomic E-state index is 11.1. The lowest BCUT2D eigenvalue weighted by atomic mass is 10.2. The van der Waals surface area contributed by atoms with Gasteiger partial charge in [0.2, 0.25) is 5.95 Å². The first kappa shape index (κ1) is 13.2. The van der Waals surface area contributed by atoms with Gasteiger partial charge in [-0.3, -0.25) is 4.21 Å². The Morgan fingerprint density at radius 2 is 2.19 bits per heavy atom. The second-order valence-electron chi connectivity index (χ2n) is 4.37. The van der Waals surface area contributed by atoms with Crippen molar-refractivity contribution in [3.8, 4) is 0 Å². The second kappa shape index (κ2) is 6.03. The first-order valence-corrected chi connectivity index (χ1v) is 7.32. The van der Waals surface area contributed by atoms with Crippen LogP contribution >= 0.6 is 0 Å². The number of hydrogen-bond acceptors (Lipinski definition) is 3. The zero-order chi connectivity index (χ0) is 12.1. The van der Waals surface area contributed by atoms with Crippen LogP contribution in [0, 0.1) is 0 Å². The Bertz CT molecular complexity index is 349. The minimum atomic E-state index is -0.719. The Kier molecular flexibility index (Phi) is 4.99. The van der Waals surface area contributed by atoms with E-state index in [2.05, 4.69) is 35.6 Å². The molecule has 0 amide bonds. The molecule has 0 aliphatic heterocycles. The molecule has 0 aliphatic carbocycles. The number of imidazole rings is 1. The molecule has 1 aromatic heterocycles. The van der Waals surface area contributed by atoms with Crippen molar-refractivity contribution < 1.29 is 4.21 Å². The molecule has 16 heavy (non-hydrogen) atoms. The molecule has 92 valence electrons. The van der Waals surface area contributed by atoms with Gasteiger partial charge in [0.1, 0.15) is 0 Å². The van der Waals surface area contributed by atoms with Crippen molar-refractivity contribution in [1.82, 2.24) is 9.55 Å². The topological polar surface area (TPSA) is 46.9 Å². The van der Waals surface area contributed by atoms with Crippen molar-refractivity contribution in [2.24, 2.45) is 0 Å². The summed E-state index contributed by atoms with van der Waals surface area (Å²) in [6.45, 7) is 6.30. The van der Waals surface area contributed by atoms with Gasteiger partial charge in [0.25, 0.3) is 0 Å². The van der Waals surface area contributed by atoms with E-state index in [9.17, 15) is 4.21 Å².